The average molecular weight is 225 g/mol. The Hall–Kier alpha value is -0.830. The van der Waals surface area contributed by atoms with Gasteiger partial charge in [0.05, 0.1) is 12.8 Å². The van der Waals surface area contributed by atoms with Crippen molar-refractivity contribution in [1.82, 2.24) is 0 Å². The summed E-state index contributed by atoms with van der Waals surface area (Å²) in [5.74, 6) is 3.22. The minimum atomic E-state index is 0.919. The fraction of sp³-hybridized carbons (Fsp3) is 0.500. The Kier molecular flexibility index (Phi) is 5.40. The smallest absolute Gasteiger partial charge is 0.141 e. The molecular weight excluding hydrogens is 206 g/mol. The molecule has 0 unspecified atom stereocenters. The van der Waals surface area contributed by atoms with Gasteiger partial charge in [-0.25, -0.2) is 0 Å². The monoisotopic (exact) mass is 225 g/mol. The lowest BCUT2D eigenvalue weighted by molar-refractivity contribution is 0.416. The highest BCUT2D eigenvalue weighted by atomic mass is 32.2. The molecule has 3 heteroatoms. The van der Waals surface area contributed by atoms with Crippen LogP contribution in [0.4, 0.5) is 5.69 Å². The lowest BCUT2D eigenvalue weighted by Crippen LogP contribution is -2.05. The van der Waals surface area contributed by atoms with E-state index >= 15 is 0 Å². The Balaban J connectivity index is 2.54. The second-order valence-corrected chi connectivity index (χ2v) is 4.72. The number of benzene rings is 1. The lowest BCUT2D eigenvalue weighted by Gasteiger charge is -2.11. The third-order valence-corrected chi connectivity index (χ3v) is 3.02. The van der Waals surface area contributed by atoms with Gasteiger partial charge in [0.25, 0.3) is 0 Å². The van der Waals surface area contributed by atoms with E-state index in [0.29, 0.717) is 0 Å². The van der Waals surface area contributed by atoms with Gasteiger partial charge in [-0.1, -0.05) is 13.0 Å². The molecule has 0 spiro atoms. The lowest BCUT2D eigenvalue weighted by atomic mass is 10.2. The molecule has 0 saturated carbocycles. The summed E-state index contributed by atoms with van der Waals surface area (Å²) in [6, 6.07) is 6.19. The van der Waals surface area contributed by atoms with Crippen molar-refractivity contribution in [2.24, 2.45) is 0 Å². The number of anilines is 1. The third-order valence-electron chi connectivity index (χ3n) is 2.12. The van der Waals surface area contributed by atoms with Crippen LogP contribution in [0.15, 0.2) is 18.2 Å². The number of hydrogen-bond donors (Lipinski definition) is 1. The SMILES string of the molecule is CCSCCNc1cc(C)ccc1OC. The molecular formula is C12H19NOS. The molecule has 84 valence electrons. The fourth-order valence-electron chi connectivity index (χ4n) is 1.36. The largest absolute Gasteiger partial charge is 0.495 e. The van der Waals surface area contributed by atoms with Crippen molar-refractivity contribution < 1.29 is 4.74 Å². The van der Waals surface area contributed by atoms with Crippen LogP contribution in [-0.4, -0.2) is 25.2 Å². The van der Waals surface area contributed by atoms with Gasteiger partial charge in [0.2, 0.25) is 0 Å². The maximum atomic E-state index is 5.29. The first-order valence-corrected chi connectivity index (χ1v) is 6.39. The molecule has 1 rings (SSSR count). The maximum absolute atomic E-state index is 5.29. The summed E-state index contributed by atoms with van der Waals surface area (Å²) in [4.78, 5) is 0. The summed E-state index contributed by atoms with van der Waals surface area (Å²) in [5.41, 5.74) is 2.34. The van der Waals surface area contributed by atoms with E-state index in [4.69, 9.17) is 4.74 Å². The second kappa shape index (κ2) is 6.62. The third kappa shape index (κ3) is 4.04. The molecule has 1 aromatic carbocycles. The summed E-state index contributed by atoms with van der Waals surface area (Å²) in [6.07, 6.45) is 0. The van der Waals surface area contributed by atoms with Crippen LogP contribution >= 0.6 is 11.8 Å². The molecule has 0 heterocycles. The minimum absolute atomic E-state index is 0.919. The van der Waals surface area contributed by atoms with Crippen molar-refractivity contribution in [3.05, 3.63) is 23.8 Å². The number of methoxy groups -OCH3 is 1. The molecule has 0 radical (unpaired) electrons. The van der Waals surface area contributed by atoms with Crippen molar-refractivity contribution in [3.63, 3.8) is 0 Å². The number of ether oxygens (including phenoxy) is 1. The summed E-state index contributed by atoms with van der Waals surface area (Å²) in [6.45, 7) is 5.25. The number of thioether (sulfide) groups is 1. The van der Waals surface area contributed by atoms with Crippen LogP contribution in [0.1, 0.15) is 12.5 Å². The highest BCUT2D eigenvalue weighted by Crippen LogP contribution is 2.24. The Labute approximate surface area is 96.4 Å². The van der Waals surface area contributed by atoms with E-state index in [-0.39, 0.29) is 0 Å². The van der Waals surface area contributed by atoms with Crippen molar-refractivity contribution in [3.8, 4) is 5.75 Å². The van der Waals surface area contributed by atoms with Gasteiger partial charge in [0, 0.05) is 12.3 Å². The fourth-order valence-corrected chi connectivity index (χ4v) is 1.90. The Bertz CT molecular complexity index is 302. The minimum Gasteiger partial charge on any atom is -0.495 e. The summed E-state index contributed by atoms with van der Waals surface area (Å²) in [7, 11) is 1.70. The van der Waals surface area contributed by atoms with Crippen LogP contribution in [0.25, 0.3) is 0 Å². The number of hydrogen-bond acceptors (Lipinski definition) is 3. The van der Waals surface area contributed by atoms with E-state index in [2.05, 4.69) is 31.3 Å². The topological polar surface area (TPSA) is 21.3 Å². The molecule has 1 N–H and O–H groups in total. The molecule has 0 aromatic heterocycles. The maximum Gasteiger partial charge on any atom is 0.141 e. The highest BCUT2D eigenvalue weighted by molar-refractivity contribution is 7.99. The number of nitrogens with one attached hydrogen (secondary N) is 1. The summed E-state index contributed by atoms with van der Waals surface area (Å²) >= 11 is 1.94. The normalized spacial score (nSPS) is 10.1. The van der Waals surface area contributed by atoms with Gasteiger partial charge in [-0.2, -0.15) is 11.8 Å². The molecule has 15 heavy (non-hydrogen) atoms. The van der Waals surface area contributed by atoms with Gasteiger partial charge in [0.1, 0.15) is 5.75 Å². The molecule has 0 amide bonds. The zero-order valence-corrected chi connectivity index (χ0v) is 10.5. The van der Waals surface area contributed by atoms with Gasteiger partial charge < -0.3 is 10.1 Å². The van der Waals surface area contributed by atoms with E-state index in [1.807, 2.05) is 17.8 Å². The molecule has 0 aliphatic rings. The summed E-state index contributed by atoms with van der Waals surface area (Å²) < 4.78 is 5.29. The molecule has 0 aliphatic heterocycles. The van der Waals surface area contributed by atoms with Gasteiger partial charge in [-0.05, 0) is 30.4 Å². The first kappa shape index (κ1) is 12.2. The van der Waals surface area contributed by atoms with Crippen LogP contribution in [0.5, 0.6) is 5.75 Å². The van der Waals surface area contributed by atoms with Crippen molar-refractivity contribution in [2.45, 2.75) is 13.8 Å². The predicted molar refractivity (Wildman–Crippen MR) is 69.2 cm³/mol. The first-order chi connectivity index (χ1) is 7.27. The second-order valence-electron chi connectivity index (χ2n) is 3.33. The van der Waals surface area contributed by atoms with E-state index < -0.39 is 0 Å². The molecule has 1 aromatic rings. The van der Waals surface area contributed by atoms with Gasteiger partial charge >= 0.3 is 0 Å². The van der Waals surface area contributed by atoms with Crippen LogP contribution in [-0.2, 0) is 0 Å². The number of aryl methyl sites for hydroxylation is 1. The van der Waals surface area contributed by atoms with E-state index in [9.17, 15) is 0 Å². The number of rotatable bonds is 6. The Morgan fingerprint density at radius 1 is 1.40 bits per heavy atom. The molecule has 0 saturated heterocycles. The van der Waals surface area contributed by atoms with E-state index in [0.717, 1.165) is 23.7 Å². The van der Waals surface area contributed by atoms with Crippen LogP contribution in [0.3, 0.4) is 0 Å². The Morgan fingerprint density at radius 3 is 2.87 bits per heavy atom. The average Bonchev–Trinajstić information content (AvgIpc) is 2.25. The highest BCUT2D eigenvalue weighted by Gasteiger charge is 2.01. The molecule has 2 nitrogen and oxygen atoms in total. The Morgan fingerprint density at radius 2 is 2.20 bits per heavy atom. The van der Waals surface area contributed by atoms with Crippen molar-refractivity contribution in [1.29, 1.82) is 0 Å². The van der Waals surface area contributed by atoms with E-state index in [1.54, 1.807) is 7.11 Å². The zero-order chi connectivity index (χ0) is 11.1. The van der Waals surface area contributed by atoms with Gasteiger partial charge in [0.15, 0.2) is 0 Å². The standard InChI is InChI=1S/C12H19NOS/c1-4-15-8-7-13-11-9-10(2)5-6-12(11)14-3/h5-6,9,13H,4,7-8H2,1-3H3. The quantitative estimate of drug-likeness (QED) is 0.751. The molecule has 0 aliphatic carbocycles. The molecule has 0 fully saturated rings. The van der Waals surface area contributed by atoms with E-state index in [1.165, 1.54) is 11.3 Å². The zero-order valence-electron chi connectivity index (χ0n) is 9.67. The summed E-state index contributed by atoms with van der Waals surface area (Å²) in [5, 5.41) is 3.39. The molecule has 0 bridgehead atoms. The van der Waals surface area contributed by atoms with Crippen LogP contribution in [0, 0.1) is 6.92 Å². The first-order valence-electron chi connectivity index (χ1n) is 5.24. The molecule has 0 atom stereocenters. The van der Waals surface area contributed by atoms with Crippen LogP contribution in [0.2, 0.25) is 0 Å². The van der Waals surface area contributed by atoms with Gasteiger partial charge in [-0.15, -0.1) is 0 Å². The van der Waals surface area contributed by atoms with Crippen molar-refractivity contribution >= 4 is 17.4 Å². The van der Waals surface area contributed by atoms with Crippen LogP contribution < -0.4 is 10.1 Å². The van der Waals surface area contributed by atoms with Crippen molar-refractivity contribution in [2.75, 3.05) is 30.5 Å². The van der Waals surface area contributed by atoms with Gasteiger partial charge in [-0.3, -0.25) is 0 Å². The predicted octanol–water partition coefficient (Wildman–Crippen LogP) is 3.17.